The molecule has 0 amide bonds. The standard InChI is InChI=1S/C12H9ClN2O4S/c1-5-9(14)11(12(16)17)20-10(5)8-6(13)3-2-4-7(8)15(18)19/h2-4H,14H2,1H3,(H,16,17). The molecule has 0 unspecified atom stereocenters. The topological polar surface area (TPSA) is 106 Å². The molecule has 0 atom stereocenters. The molecule has 0 fully saturated rings. The van der Waals surface area contributed by atoms with Crippen molar-refractivity contribution in [2.24, 2.45) is 0 Å². The molecule has 3 N–H and O–H groups in total. The molecule has 0 saturated heterocycles. The number of rotatable bonds is 3. The van der Waals surface area contributed by atoms with Gasteiger partial charge >= 0.3 is 5.97 Å². The first-order valence-electron chi connectivity index (χ1n) is 5.40. The van der Waals surface area contributed by atoms with Crippen LogP contribution in [0, 0.1) is 17.0 Å². The SMILES string of the molecule is Cc1c(-c2c(Cl)cccc2[N+](=O)[O-])sc(C(=O)O)c1N. The summed E-state index contributed by atoms with van der Waals surface area (Å²) in [4.78, 5) is 22.0. The summed E-state index contributed by atoms with van der Waals surface area (Å²) in [6.45, 7) is 1.61. The van der Waals surface area contributed by atoms with E-state index in [0.717, 1.165) is 11.3 Å². The molecule has 2 rings (SSSR count). The fraction of sp³-hybridized carbons (Fsp3) is 0.0833. The Morgan fingerprint density at radius 2 is 2.15 bits per heavy atom. The second-order valence-electron chi connectivity index (χ2n) is 4.00. The van der Waals surface area contributed by atoms with Crippen LogP contribution >= 0.6 is 22.9 Å². The molecule has 0 radical (unpaired) electrons. The van der Waals surface area contributed by atoms with Crippen LogP contribution in [-0.4, -0.2) is 16.0 Å². The Hall–Kier alpha value is -2.12. The highest BCUT2D eigenvalue weighted by atomic mass is 35.5. The number of nitrogen functional groups attached to an aromatic ring is 1. The van der Waals surface area contributed by atoms with Crippen molar-refractivity contribution in [1.29, 1.82) is 0 Å². The molecule has 1 aromatic heterocycles. The van der Waals surface area contributed by atoms with Gasteiger partial charge in [-0.2, -0.15) is 0 Å². The lowest BCUT2D eigenvalue weighted by atomic mass is 10.1. The normalized spacial score (nSPS) is 10.5. The average molecular weight is 313 g/mol. The number of nitrogens with zero attached hydrogens (tertiary/aromatic N) is 1. The average Bonchev–Trinajstić information content (AvgIpc) is 2.66. The van der Waals surface area contributed by atoms with E-state index in [2.05, 4.69) is 0 Å². The third-order valence-corrected chi connectivity index (χ3v) is 4.43. The van der Waals surface area contributed by atoms with Crippen molar-refractivity contribution in [1.82, 2.24) is 0 Å². The van der Waals surface area contributed by atoms with E-state index in [1.807, 2.05) is 0 Å². The Kier molecular flexibility index (Phi) is 3.65. The minimum atomic E-state index is -1.17. The van der Waals surface area contributed by atoms with Gasteiger partial charge in [0, 0.05) is 10.9 Å². The van der Waals surface area contributed by atoms with E-state index in [1.54, 1.807) is 6.92 Å². The van der Waals surface area contributed by atoms with Gasteiger partial charge in [-0.3, -0.25) is 10.1 Å². The number of halogens is 1. The molecule has 1 heterocycles. The van der Waals surface area contributed by atoms with Gasteiger partial charge in [0.25, 0.3) is 5.69 Å². The Morgan fingerprint density at radius 1 is 1.50 bits per heavy atom. The second kappa shape index (κ2) is 5.10. The van der Waals surface area contributed by atoms with E-state index in [1.165, 1.54) is 18.2 Å². The lowest BCUT2D eigenvalue weighted by molar-refractivity contribution is -0.384. The maximum atomic E-state index is 11.1. The zero-order valence-electron chi connectivity index (χ0n) is 10.2. The molecule has 0 aliphatic heterocycles. The Balaban J connectivity index is 2.79. The number of hydrogen-bond donors (Lipinski definition) is 2. The van der Waals surface area contributed by atoms with Crippen molar-refractivity contribution in [2.75, 3.05) is 5.73 Å². The van der Waals surface area contributed by atoms with Crippen molar-refractivity contribution < 1.29 is 14.8 Å². The minimum Gasteiger partial charge on any atom is -0.477 e. The first kappa shape index (κ1) is 14.3. The third-order valence-electron chi connectivity index (χ3n) is 2.80. The quantitative estimate of drug-likeness (QED) is 0.665. The largest absolute Gasteiger partial charge is 0.477 e. The summed E-state index contributed by atoms with van der Waals surface area (Å²) in [6.07, 6.45) is 0. The highest BCUT2D eigenvalue weighted by molar-refractivity contribution is 7.18. The van der Waals surface area contributed by atoms with Crippen molar-refractivity contribution in [3.63, 3.8) is 0 Å². The fourth-order valence-corrected chi connectivity index (χ4v) is 3.27. The molecule has 2 aromatic rings. The Bertz CT molecular complexity index is 726. The van der Waals surface area contributed by atoms with E-state index < -0.39 is 10.9 Å². The summed E-state index contributed by atoms with van der Waals surface area (Å²) in [7, 11) is 0. The van der Waals surface area contributed by atoms with Crippen LogP contribution in [-0.2, 0) is 0 Å². The molecular formula is C12H9ClN2O4S. The predicted molar refractivity (Wildman–Crippen MR) is 77.5 cm³/mol. The highest BCUT2D eigenvalue weighted by Crippen LogP contribution is 2.44. The maximum Gasteiger partial charge on any atom is 0.348 e. The first-order chi connectivity index (χ1) is 9.34. The van der Waals surface area contributed by atoms with E-state index >= 15 is 0 Å². The number of nitrogens with two attached hydrogens (primary N) is 1. The number of anilines is 1. The van der Waals surface area contributed by atoms with Crippen LogP contribution in [0.25, 0.3) is 10.4 Å². The van der Waals surface area contributed by atoms with Crippen LogP contribution in [0.15, 0.2) is 18.2 Å². The van der Waals surface area contributed by atoms with E-state index in [0.29, 0.717) is 10.4 Å². The van der Waals surface area contributed by atoms with E-state index in [-0.39, 0.29) is 26.8 Å². The van der Waals surface area contributed by atoms with E-state index in [9.17, 15) is 14.9 Å². The molecule has 20 heavy (non-hydrogen) atoms. The molecule has 8 heteroatoms. The van der Waals surface area contributed by atoms with Gasteiger partial charge in [-0.1, -0.05) is 17.7 Å². The highest BCUT2D eigenvalue weighted by Gasteiger charge is 2.25. The van der Waals surface area contributed by atoms with Crippen LogP contribution in [0.1, 0.15) is 15.2 Å². The first-order valence-corrected chi connectivity index (χ1v) is 6.59. The molecule has 1 aromatic carbocycles. The lowest BCUT2D eigenvalue weighted by Gasteiger charge is -2.04. The summed E-state index contributed by atoms with van der Waals surface area (Å²) >= 11 is 6.91. The molecule has 6 nitrogen and oxygen atoms in total. The lowest BCUT2D eigenvalue weighted by Crippen LogP contribution is -1.98. The number of nitro groups is 1. The molecule has 0 bridgehead atoms. The molecule has 0 aliphatic rings. The number of thiophene rings is 1. The van der Waals surface area contributed by atoms with Crippen molar-refractivity contribution >= 4 is 40.3 Å². The smallest absolute Gasteiger partial charge is 0.348 e. The fourth-order valence-electron chi connectivity index (χ4n) is 1.81. The van der Waals surface area contributed by atoms with Crippen molar-refractivity contribution in [2.45, 2.75) is 6.92 Å². The third kappa shape index (κ3) is 2.21. The van der Waals surface area contributed by atoms with Gasteiger partial charge < -0.3 is 10.8 Å². The van der Waals surface area contributed by atoms with Gasteiger partial charge in [-0.25, -0.2) is 4.79 Å². The van der Waals surface area contributed by atoms with Crippen LogP contribution in [0.4, 0.5) is 11.4 Å². The zero-order valence-corrected chi connectivity index (χ0v) is 11.8. The van der Waals surface area contributed by atoms with Crippen LogP contribution < -0.4 is 5.73 Å². The zero-order chi connectivity index (χ0) is 15.0. The number of carboxylic acids is 1. The predicted octanol–water partition coefficient (Wildman–Crippen LogP) is 3.57. The van der Waals surface area contributed by atoms with Crippen molar-refractivity contribution in [3.8, 4) is 10.4 Å². The molecule has 0 saturated carbocycles. The van der Waals surface area contributed by atoms with Gasteiger partial charge in [-0.15, -0.1) is 11.3 Å². The minimum absolute atomic E-state index is 0.0493. The number of nitro benzene ring substituents is 1. The molecule has 0 aliphatic carbocycles. The summed E-state index contributed by atoms with van der Waals surface area (Å²) in [5.74, 6) is -1.17. The summed E-state index contributed by atoms with van der Waals surface area (Å²) < 4.78 is 0. The summed E-state index contributed by atoms with van der Waals surface area (Å²) in [5, 5.41) is 20.3. The Morgan fingerprint density at radius 3 is 2.65 bits per heavy atom. The van der Waals surface area contributed by atoms with Gasteiger partial charge in [0.1, 0.15) is 4.88 Å². The van der Waals surface area contributed by atoms with Crippen LogP contribution in [0.5, 0.6) is 0 Å². The number of carbonyl (C=O) groups is 1. The number of carboxylic acid groups (broad SMARTS) is 1. The summed E-state index contributed by atoms with van der Waals surface area (Å²) in [6, 6.07) is 4.30. The van der Waals surface area contributed by atoms with Gasteiger partial charge in [0.05, 0.1) is 21.2 Å². The van der Waals surface area contributed by atoms with Gasteiger partial charge in [0.15, 0.2) is 0 Å². The van der Waals surface area contributed by atoms with E-state index in [4.69, 9.17) is 22.4 Å². The van der Waals surface area contributed by atoms with Crippen LogP contribution in [0.2, 0.25) is 5.02 Å². The number of hydrogen-bond acceptors (Lipinski definition) is 5. The maximum absolute atomic E-state index is 11.1. The monoisotopic (exact) mass is 312 g/mol. The molecular weight excluding hydrogens is 304 g/mol. The summed E-state index contributed by atoms with van der Waals surface area (Å²) in [5.41, 5.74) is 6.33. The Labute approximate surface area is 122 Å². The number of aromatic carboxylic acids is 1. The number of benzene rings is 1. The van der Waals surface area contributed by atoms with Gasteiger partial charge in [-0.05, 0) is 18.6 Å². The van der Waals surface area contributed by atoms with Gasteiger partial charge in [0.2, 0.25) is 0 Å². The molecule has 104 valence electrons. The molecule has 0 spiro atoms. The van der Waals surface area contributed by atoms with Crippen molar-refractivity contribution in [3.05, 3.63) is 43.8 Å². The van der Waals surface area contributed by atoms with Crippen LogP contribution in [0.3, 0.4) is 0 Å². The second-order valence-corrected chi connectivity index (χ2v) is 5.42.